The number of benzene rings is 3. The zero-order valence-electron chi connectivity index (χ0n) is 21.7. The highest BCUT2D eigenvalue weighted by atomic mass is 19.4. The van der Waals surface area contributed by atoms with Crippen molar-refractivity contribution >= 4 is 29.2 Å². The Morgan fingerprint density at radius 1 is 0.976 bits per heavy atom. The van der Waals surface area contributed by atoms with Gasteiger partial charge in [0.15, 0.2) is 0 Å². The van der Waals surface area contributed by atoms with Crippen molar-refractivity contribution in [1.82, 2.24) is 10.2 Å². The highest BCUT2D eigenvalue weighted by molar-refractivity contribution is 6.18. The number of amidine groups is 1. The average Bonchev–Trinajstić information content (AvgIpc) is 2.94. The number of likely N-dealkylation sites (N-methyl/N-ethyl adjacent to an activating group) is 1. The minimum atomic E-state index is -4.71. The first-order valence-electron chi connectivity index (χ1n) is 12.4. The van der Waals surface area contributed by atoms with Gasteiger partial charge in [0.05, 0.1) is 11.3 Å². The summed E-state index contributed by atoms with van der Waals surface area (Å²) < 4.78 is 53.8. The predicted molar refractivity (Wildman–Crippen MR) is 143 cm³/mol. The zero-order chi connectivity index (χ0) is 29.9. The largest absolute Gasteiger partial charge is 0.416 e. The third-order valence-electron chi connectivity index (χ3n) is 6.50. The fourth-order valence-electron chi connectivity index (χ4n) is 4.57. The van der Waals surface area contributed by atoms with E-state index in [9.17, 15) is 31.9 Å². The van der Waals surface area contributed by atoms with Crippen molar-refractivity contribution in [2.75, 3.05) is 6.54 Å². The molecule has 1 aliphatic rings. The summed E-state index contributed by atoms with van der Waals surface area (Å²) in [7, 11) is 0. The van der Waals surface area contributed by atoms with Crippen LogP contribution < -0.4 is 16.8 Å². The Labute approximate surface area is 232 Å². The van der Waals surface area contributed by atoms with Crippen molar-refractivity contribution in [3.63, 3.8) is 0 Å². The van der Waals surface area contributed by atoms with E-state index in [4.69, 9.17) is 11.5 Å². The van der Waals surface area contributed by atoms with Crippen molar-refractivity contribution in [1.29, 1.82) is 0 Å². The number of halogens is 4. The number of amides is 3. The first-order chi connectivity index (χ1) is 19.4. The van der Waals surface area contributed by atoms with Crippen LogP contribution in [0.1, 0.15) is 34.3 Å². The number of carbonyl (C=O) groups is 3. The number of nitrogens with zero attached hydrogens (tertiary/aromatic N) is 2. The Kier molecular flexibility index (Phi) is 8.22. The fraction of sp³-hybridized carbons (Fsp3) is 0.172. The summed E-state index contributed by atoms with van der Waals surface area (Å²) in [6, 6.07) is 15.6. The van der Waals surface area contributed by atoms with Crippen LogP contribution in [0.2, 0.25) is 0 Å². The van der Waals surface area contributed by atoms with Crippen molar-refractivity contribution in [3.05, 3.63) is 113 Å². The number of nitrogens with one attached hydrogen (secondary N) is 1. The smallest absolute Gasteiger partial charge is 0.394 e. The van der Waals surface area contributed by atoms with Crippen LogP contribution in [0.5, 0.6) is 0 Å². The van der Waals surface area contributed by atoms with Crippen molar-refractivity contribution in [3.8, 4) is 0 Å². The second-order valence-electron chi connectivity index (χ2n) is 9.10. The van der Waals surface area contributed by atoms with Gasteiger partial charge in [0.2, 0.25) is 0 Å². The quantitative estimate of drug-likeness (QED) is 0.307. The van der Waals surface area contributed by atoms with Gasteiger partial charge in [-0.1, -0.05) is 36.4 Å². The van der Waals surface area contributed by atoms with E-state index in [1.54, 1.807) is 37.3 Å². The van der Waals surface area contributed by atoms with E-state index < -0.39 is 52.9 Å². The van der Waals surface area contributed by atoms with Crippen LogP contribution in [0.15, 0.2) is 95.1 Å². The maximum atomic E-state index is 13.9. The number of likely N-dealkylation sites (tertiary alicyclic amines) is 1. The van der Waals surface area contributed by atoms with Crippen molar-refractivity contribution < 1.29 is 31.9 Å². The number of hydrogen-bond acceptors (Lipinski definition) is 5. The number of rotatable bonds is 6. The molecule has 0 aromatic heterocycles. The normalized spacial score (nSPS) is 19.7. The lowest BCUT2D eigenvalue weighted by Crippen LogP contribution is -2.59. The molecule has 0 spiro atoms. The third kappa shape index (κ3) is 6.11. The maximum Gasteiger partial charge on any atom is 0.416 e. The minimum Gasteiger partial charge on any atom is -0.394 e. The summed E-state index contributed by atoms with van der Waals surface area (Å²) in [6.45, 7) is 1.65. The van der Waals surface area contributed by atoms with Gasteiger partial charge in [-0.25, -0.2) is 9.38 Å². The molecule has 0 bridgehead atoms. The summed E-state index contributed by atoms with van der Waals surface area (Å²) in [6.07, 6.45) is -4.71. The van der Waals surface area contributed by atoms with E-state index >= 15 is 0 Å². The lowest BCUT2D eigenvalue weighted by Gasteiger charge is -2.41. The third-order valence-corrected chi connectivity index (χ3v) is 6.50. The molecular formula is C29H25F4N5O3. The Morgan fingerprint density at radius 2 is 1.63 bits per heavy atom. The molecule has 0 radical (unpaired) electrons. The van der Waals surface area contributed by atoms with Crippen LogP contribution in [-0.4, -0.2) is 41.0 Å². The van der Waals surface area contributed by atoms with Crippen LogP contribution in [0.3, 0.4) is 0 Å². The van der Waals surface area contributed by atoms with E-state index in [0.717, 1.165) is 24.3 Å². The molecule has 212 valence electrons. The minimum absolute atomic E-state index is 0.0104. The molecular weight excluding hydrogens is 542 g/mol. The Morgan fingerprint density at radius 3 is 2.22 bits per heavy atom. The number of nitrogens with two attached hydrogens (primary N) is 2. The van der Waals surface area contributed by atoms with Crippen LogP contribution >= 0.6 is 0 Å². The summed E-state index contributed by atoms with van der Waals surface area (Å²) in [5.74, 6) is -4.53. The molecule has 2 unspecified atom stereocenters. The highest BCUT2D eigenvalue weighted by Gasteiger charge is 2.46. The van der Waals surface area contributed by atoms with E-state index in [1.165, 1.54) is 23.1 Å². The first-order valence-corrected chi connectivity index (χ1v) is 12.4. The monoisotopic (exact) mass is 567 g/mol. The SMILES string of the molecule is CCN1C(=O)C(NC(=O)c2cccc(C(F)(F)F)c2)C(c2ccc(F)cc2)/C(=C(/N)C(N)=O)C1=Nc1ccccc1. The number of para-hydroxylation sites is 1. The fourth-order valence-corrected chi connectivity index (χ4v) is 4.57. The zero-order valence-corrected chi connectivity index (χ0v) is 21.7. The van der Waals surface area contributed by atoms with E-state index in [-0.39, 0.29) is 29.1 Å². The Balaban J connectivity index is 1.92. The molecule has 1 heterocycles. The van der Waals surface area contributed by atoms with Gasteiger partial charge < -0.3 is 16.8 Å². The molecule has 3 aromatic rings. The van der Waals surface area contributed by atoms with Gasteiger partial charge in [-0.05, 0) is 55.0 Å². The lowest BCUT2D eigenvalue weighted by atomic mass is 9.78. The number of alkyl halides is 3. The molecule has 8 nitrogen and oxygen atoms in total. The van der Waals surface area contributed by atoms with Crippen LogP contribution in [0.25, 0.3) is 0 Å². The molecule has 5 N–H and O–H groups in total. The summed E-state index contributed by atoms with van der Waals surface area (Å²) >= 11 is 0. The van der Waals surface area contributed by atoms with Gasteiger partial charge >= 0.3 is 6.18 Å². The molecule has 4 rings (SSSR count). The standard InChI is InChI=1S/C29H25F4N5O3/c1-2-38-26(36-20-9-4-3-5-10-20)22(23(34)25(35)39)21(16-11-13-19(30)14-12-16)24(28(38)41)37-27(40)17-7-6-8-18(15-17)29(31,32)33/h3-15,21,24H,2,34H2,1H3,(H2,35,39)(H,37,40)/b23-22-,36-26?. The molecule has 1 saturated heterocycles. The Hall–Kier alpha value is -5.00. The first kappa shape index (κ1) is 29.0. The molecule has 0 aliphatic carbocycles. The second kappa shape index (κ2) is 11.6. The van der Waals surface area contributed by atoms with E-state index in [1.807, 2.05) is 0 Å². The summed E-state index contributed by atoms with van der Waals surface area (Å²) in [5, 5.41) is 2.51. The van der Waals surface area contributed by atoms with Crippen LogP contribution in [0, 0.1) is 5.82 Å². The van der Waals surface area contributed by atoms with E-state index in [2.05, 4.69) is 10.3 Å². The molecule has 41 heavy (non-hydrogen) atoms. The molecule has 3 amide bonds. The Bertz CT molecular complexity index is 1540. The van der Waals surface area contributed by atoms with Gasteiger partial charge in [-0.15, -0.1) is 0 Å². The van der Waals surface area contributed by atoms with Gasteiger partial charge in [-0.3, -0.25) is 19.3 Å². The molecule has 3 aromatic carbocycles. The van der Waals surface area contributed by atoms with Crippen molar-refractivity contribution in [2.24, 2.45) is 16.5 Å². The number of piperidine rings is 1. The number of primary amides is 1. The summed E-state index contributed by atoms with van der Waals surface area (Å²) in [5.41, 5.74) is 10.6. The van der Waals surface area contributed by atoms with Crippen LogP contribution in [0.4, 0.5) is 23.2 Å². The number of carbonyl (C=O) groups excluding carboxylic acids is 3. The number of hydrogen-bond donors (Lipinski definition) is 3. The molecule has 1 aliphatic heterocycles. The predicted octanol–water partition coefficient (Wildman–Crippen LogP) is 4.02. The maximum absolute atomic E-state index is 13.9. The molecule has 2 atom stereocenters. The average molecular weight is 568 g/mol. The summed E-state index contributed by atoms with van der Waals surface area (Å²) in [4.78, 5) is 45.4. The van der Waals surface area contributed by atoms with E-state index in [0.29, 0.717) is 11.8 Å². The van der Waals surface area contributed by atoms with Gasteiger partial charge in [0.25, 0.3) is 17.7 Å². The molecule has 12 heteroatoms. The van der Waals surface area contributed by atoms with Crippen LogP contribution in [-0.2, 0) is 15.8 Å². The second-order valence-corrected chi connectivity index (χ2v) is 9.10. The molecule has 1 fully saturated rings. The molecule has 0 saturated carbocycles. The van der Waals surface area contributed by atoms with Crippen molar-refractivity contribution in [2.45, 2.75) is 25.1 Å². The lowest BCUT2D eigenvalue weighted by molar-refractivity contribution is -0.137. The highest BCUT2D eigenvalue weighted by Crippen LogP contribution is 2.38. The topological polar surface area (TPSA) is 131 Å². The van der Waals surface area contributed by atoms with Gasteiger partial charge in [0.1, 0.15) is 23.4 Å². The number of aliphatic imine (C=N–C) groups is 1. The van der Waals surface area contributed by atoms with Gasteiger partial charge in [-0.2, -0.15) is 13.2 Å². The van der Waals surface area contributed by atoms with Gasteiger partial charge in [0, 0.05) is 23.6 Å².